The zero-order valence-corrected chi connectivity index (χ0v) is 19.5. The molecule has 9 heteroatoms. The second-order valence-corrected chi connectivity index (χ2v) is 9.55. The summed E-state index contributed by atoms with van der Waals surface area (Å²) in [7, 11) is -2.30. The summed E-state index contributed by atoms with van der Waals surface area (Å²) in [6, 6.07) is 8.76. The molecular weight excluding hydrogens is 433 g/mol. The fourth-order valence-corrected chi connectivity index (χ4v) is 5.38. The molecule has 2 aromatic rings. The van der Waals surface area contributed by atoms with Crippen molar-refractivity contribution in [3.63, 3.8) is 0 Å². The Morgan fingerprint density at radius 3 is 2.38 bits per heavy atom. The fraction of sp³-hybridized carbons (Fsp3) is 0.435. The second-order valence-electron chi connectivity index (χ2n) is 7.62. The molecular formula is C23H30FN3O4S. The number of benzene rings is 2. The molecule has 0 aliphatic carbocycles. The van der Waals surface area contributed by atoms with E-state index in [1.54, 1.807) is 26.0 Å². The highest BCUT2D eigenvalue weighted by atomic mass is 32.2. The highest BCUT2D eigenvalue weighted by Gasteiger charge is 2.25. The number of hydrogen-bond donors (Lipinski definition) is 1. The molecule has 1 aliphatic heterocycles. The molecule has 1 aliphatic rings. The highest BCUT2D eigenvalue weighted by molar-refractivity contribution is 7.89. The molecule has 0 saturated carbocycles. The minimum atomic E-state index is -3.72. The normalized spacial score (nSPS) is 14.5. The first-order valence-corrected chi connectivity index (χ1v) is 12.3. The highest BCUT2D eigenvalue weighted by Crippen LogP contribution is 2.32. The Labute approximate surface area is 189 Å². The summed E-state index contributed by atoms with van der Waals surface area (Å²) in [6.45, 7) is 5.84. The van der Waals surface area contributed by atoms with E-state index in [0.29, 0.717) is 24.5 Å². The van der Waals surface area contributed by atoms with Crippen molar-refractivity contribution in [2.45, 2.75) is 38.0 Å². The maximum Gasteiger partial charge on any atom is 0.258 e. The van der Waals surface area contributed by atoms with Crippen LogP contribution in [0.3, 0.4) is 0 Å². The van der Waals surface area contributed by atoms with Crippen LogP contribution in [0.25, 0.3) is 0 Å². The number of amides is 1. The van der Waals surface area contributed by atoms with Crippen LogP contribution in [0.1, 0.15) is 43.5 Å². The van der Waals surface area contributed by atoms with Gasteiger partial charge in [-0.25, -0.2) is 12.8 Å². The lowest BCUT2D eigenvalue weighted by molar-refractivity contribution is 0.102. The van der Waals surface area contributed by atoms with Crippen molar-refractivity contribution in [2.75, 3.05) is 43.5 Å². The van der Waals surface area contributed by atoms with Crippen molar-refractivity contribution in [3.8, 4) is 5.75 Å². The van der Waals surface area contributed by atoms with E-state index in [1.165, 1.54) is 29.6 Å². The number of carbonyl (C=O) groups is 1. The number of sulfonamides is 1. The number of nitrogens with one attached hydrogen (secondary N) is 1. The van der Waals surface area contributed by atoms with Gasteiger partial charge in [0.1, 0.15) is 11.6 Å². The fourth-order valence-electron chi connectivity index (χ4n) is 3.90. The third-order valence-corrected chi connectivity index (χ3v) is 7.72. The van der Waals surface area contributed by atoms with Crippen LogP contribution in [0.2, 0.25) is 0 Å². The number of halogens is 1. The molecule has 0 aromatic heterocycles. The van der Waals surface area contributed by atoms with Gasteiger partial charge in [-0.3, -0.25) is 4.79 Å². The number of carbonyl (C=O) groups excluding carboxylic acids is 1. The van der Waals surface area contributed by atoms with Crippen molar-refractivity contribution < 1.29 is 22.3 Å². The van der Waals surface area contributed by atoms with Gasteiger partial charge in [-0.1, -0.05) is 13.8 Å². The lowest BCUT2D eigenvalue weighted by Gasteiger charge is -2.31. The van der Waals surface area contributed by atoms with Crippen LogP contribution in [-0.2, 0) is 10.0 Å². The minimum absolute atomic E-state index is 0.0902. The molecule has 0 bridgehead atoms. The largest absolute Gasteiger partial charge is 0.497 e. The van der Waals surface area contributed by atoms with Gasteiger partial charge in [0.15, 0.2) is 0 Å². The van der Waals surface area contributed by atoms with E-state index in [2.05, 4.69) is 10.2 Å². The molecule has 0 atom stereocenters. The topological polar surface area (TPSA) is 79.0 Å². The van der Waals surface area contributed by atoms with Gasteiger partial charge in [-0.05, 0) is 49.6 Å². The molecule has 0 spiro atoms. The first-order chi connectivity index (χ1) is 15.3. The summed E-state index contributed by atoms with van der Waals surface area (Å²) >= 11 is 0. The molecule has 0 radical (unpaired) electrons. The molecule has 0 unspecified atom stereocenters. The summed E-state index contributed by atoms with van der Waals surface area (Å²) in [6.07, 6.45) is 3.16. The van der Waals surface area contributed by atoms with E-state index in [1.807, 2.05) is 0 Å². The van der Waals surface area contributed by atoms with E-state index in [0.717, 1.165) is 44.1 Å². The van der Waals surface area contributed by atoms with Crippen molar-refractivity contribution >= 4 is 27.3 Å². The Bertz CT molecular complexity index is 1060. The number of rotatable bonds is 8. The van der Waals surface area contributed by atoms with Crippen LogP contribution in [0.5, 0.6) is 5.75 Å². The van der Waals surface area contributed by atoms with Gasteiger partial charge in [-0.2, -0.15) is 4.31 Å². The third kappa shape index (κ3) is 5.05. The molecule has 2 aromatic carbocycles. The van der Waals surface area contributed by atoms with Gasteiger partial charge >= 0.3 is 0 Å². The lowest BCUT2D eigenvalue weighted by Crippen LogP contribution is -2.32. The van der Waals surface area contributed by atoms with Crippen LogP contribution >= 0.6 is 0 Å². The zero-order valence-electron chi connectivity index (χ0n) is 18.7. The number of hydrogen-bond acceptors (Lipinski definition) is 5. The van der Waals surface area contributed by atoms with Crippen LogP contribution in [0.4, 0.5) is 15.8 Å². The monoisotopic (exact) mass is 463 g/mol. The van der Waals surface area contributed by atoms with Crippen LogP contribution in [-0.4, -0.2) is 51.9 Å². The predicted octanol–water partition coefficient (Wildman–Crippen LogP) is 4.11. The Morgan fingerprint density at radius 1 is 1.09 bits per heavy atom. The van der Waals surface area contributed by atoms with Gasteiger partial charge in [-0.15, -0.1) is 0 Å². The molecule has 3 rings (SSSR count). The molecule has 1 fully saturated rings. The Morgan fingerprint density at radius 2 is 1.78 bits per heavy atom. The summed E-state index contributed by atoms with van der Waals surface area (Å²) < 4.78 is 46.9. The van der Waals surface area contributed by atoms with E-state index in [-0.39, 0.29) is 10.5 Å². The van der Waals surface area contributed by atoms with Crippen molar-refractivity contribution in [3.05, 3.63) is 47.8 Å². The van der Waals surface area contributed by atoms with Crippen molar-refractivity contribution in [1.82, 2.24) is 4.31 Å². The summed E-state index contributed by atoms with van der Waals surface area (Å²) in [5.74, 6) is -1.06. The quantitative estimate of drug-likeness (QED) is 0.638. The van der Waals surface area contributed by atoms with E-state index < -0.39 is 21.7 Å². The van der Waals surface area contributed by atoms with Crippen molar-refractivity contribution in [1.29, 1.82) is 0 Å². The number of ether oxygens (including phenoxy) is 1. The number of piperidine rings is 1. The van der Waals surface area contributed by atoms with Gasteiger partial charge in [0, 0.05) is 32.2 Å². The summed E-state index contributed by atoms with van der Waals surface area (Å²) in [5, 5.41) is 2.75. The molecule has 7 nitrogen and oxygen atoms in total. The van der Waals surface area contributed by atoms with E-state index in [4.69, 9.17) is 4.74 Å². The molecule has 1 amide bonds. The zero-order chi connectivity index (χ0) is 23.3. The van der Waals surface area contributed by atoms with Gasteiger partial charge in [0.25, 0.3) is 5.91 Å². The van der Waals surface area contributed by atoms with Crippen molar-refractivity contribution in [2.24, 2.45) is 0 Å². The van der Waals surface area contributed by atoms with Gasteiger partial charge < -0.3 is 15.0 Å². The first kappa shape index (κ1) is 24.0. The molecule has 174 valence electrons. The smallest absolute Gasteiger partial charge is 0.258 e. The van der Waals surface area contributed by atoms with Crippen LogP contribution in [0.15, 0.2) is 41.3 Å². The predicted molar refractivity (Wildman–Crippen MR) is 124 cm³/mol. The summed E-state index contributed by atoms with van der Waals surface area (Å²) in [5.41, 5.74) is 0.929. The Hall–Kier alpha value is -2.65. The lowest BCUT2D eigenvalue weighted by atomic mass is 10.1. The second kappa shape index (κ2) is 10.3. The number of nitrogens with zero attached hydrogens (tertiary/aromatic N) is 2. The van der Waals surface area contributed by atoms with Gasteiger partial charge in [0.2, 0.25) is 10.0 Å². The number of methoxy groups -OCH3 is 1. The van der Waals surface area contributed by atoms with E-state index >= 15 is 0 Å². The average molecular weight is 464 g/mol. The van der Waals surface area contributed by atoms with Crippen LogP contribution < -0.4 is 15.0 Å². The molecule has 1 saturated heterocycles. The Balaban J connectivity index is 2.01. The van der Waals surface area contributed by atoms with E-state index in [9.17, 15) is 17.6 Å². The SMILES string of the molecule is CCN(CC)S(=O)(=O)c1ccc(N2CCCCC2)c(NC(=O)c2ccc(OC)cc2F)c1. The average Bonchev–Trinajstić information content (AvgIpc) is 2.80. The molecule has 1 heterocycles. The Kier molecular flexibility index (Phi) is 7.73. The minimum Gasteiger partial charge on any atom is -0.497 e. The maximum atomic E-state index is 14.5. The van der Waals surface area contributed by atoms with Crippen LogP contribution in [0, 0.1) is 5.82 Å². The number of anilines is 2. The first-order valence-electron chi connectivity index (χ1n) is 10.9. The third-order valence-electron chi connectivity index (χ3n) is 5.68. The summed E-state index contributed by atoms with van der Waals surface area (Å²) in [4.78, 5) is 15.1. The maximum absolute atomic E-state index is 14.5. The standard InChI is InChI=1S/C23H30FN3O4S/c1-4-27(5-2)32(29,30)18-10-12-22(26-13-7-6-8-14-26)21(16-18)25-23(28)19-11-9-17(31-3)15-20(19)24/h9-12,15-16H,4-8,13-14H2,1-3H3,(H,25,28). The van der Waals surface area contributed by atoms with Gasteiger partial charge in [0.05, 0.1) is 28.9 Å². The molecule has 1 N–H and O–H groups in total. The molecule has 32 heavy (non-hydrogen) atoms.